The van der Waals surface area contributed by atoms with Gasteiger partial charge < -0.3 is 9.47 Å². The summed E-state index contributed by atoms with van der Waals surface area (Å²) in [5.74, 6) is 6.66. The fourth-order valence-corrected chi connectivity index (χ4v) is 2.30. The van der Waals surface area contributed by atoms with Gasteiger partial charge in [-0.1, -0.05) is 12.1 Å². The number of ether oxygens (including phenoxy) is 2. The van der Waals surface area contributed by atoms with E-state index in [1.807, 2.05) is 13.0 Å². The number of nitrogens with one attached hydrogen (secondary N) is 1. The maximum atomic E-state index is 5.64. The molecule has 1 aromatic rings. The van der Waals surface area contributed by atoms with E-state index in [1.165, 1.54) is 11.1 Å². The molecule has 1 atom stereocenters. The molecular formula is C14H22N2O2. The van der Waals surface area contributed by atoms with Gasteiger partial charge in [0, 0.05) is 25.7 Å². The third-order valence-corrected chi connectivity index (χ3v) is 3.30. The molecule has 1 aliphatic rings. The number of nitrogens with two attached hydrogens (primary N) is 1. The molecule has 4 nitrogen and oxygen atoms in total. The molecule has 1 aliphatic heterocycles. The summed E-state index contributed by atoms with van der Waals surface area (Å²) in [6.07, 6.45) is 2.99. The van der Waals surface area contributed by atoms with Crippen molar-refractivity contribution >= 4 is 0 Å². The summed E-state index contributed by atoms with van der Waals surface area (Å²) in [6.45, 7) is 4.38. The van der Waals surface area contributed by atoms with Gasteiger partial charge in [-0.2, -0.15) is 0 Å². The molecule has 0 aromatic heterocycles. The van der Waals surface area contributed by atoms with E-state index in [9.17, 15) is 0 Å². The van der Waals surface area contributed by atoms with Gasteiger partial charge in [0.15, 0.2) is 0 Å². The summed E-state index contributed by atoms with van der Waals surface area (Å²) in [5.41, 5.74) is 5.41. The van der Waals surface area contributed by atoms with Crippen LogP contribution in [0.15, 0.2) is 18.2 Å². The first-order valence-electron chi connectivity index (χ1n) is 6.64. The lowest BCUT2D eigenvalue weighted by molar-refractivity contribution is 0.141. The SMILES string of the molecule is CCOCCCC(NN)c1ccc2c(c1)CCO2. The van der Waals surface area contributed by atoms with Gasteiger partial charge in [0.1, 0.15) is 5.75 Å². The zero-order valence-corrected chi connectivity index (χ0v) is 10.9. The van der Waals surface area contributed by atoms with E-state index < -0.39 is 0 Å². The van der Waals surface area contributed by atoms with E-state index in [1.54, 1.807) is 0 Å². The monoisotopic (exact) mass is 250 g/mol. The highest BCUT2D eigenvalue weighted by Crippen LogP contribution is 2.29. The van der Waals surface area contributed by atoms with Crippen LogP contribution in [0.3, 0.4) is 0 Å². The third kappa shape index (κ3) is 3.22. The molecule has 0 radical (unpaired) electrons. The van der Waals surface area contributed by atoms with Crippen molar-refractivity contribution < 1.29 is 9.47 Å². The first-order chi connectivity index (χ1) is 8.85. The van der Waals surface area contributed by atoms with Crippen molar-refractivity contribution in [1.29, 1.82) is 0 Å². The highest BCUT2D eigenvalue weighted by molar-refractivity contribution is 5.40. The first-order valence-corrected chi connectivity index (χ1v) is 6.64. The molecule has 0 fully saturated rings. The fourth-order valence-electron chi connectivity index (χ4n) is 2.30. The Kier molecular flexibility index (Phi) is 4.99. The van der Waals surface area contributed by atoms with E-state index in [-0.39, 0.29) is 6.04 Å². The van der Waals surface area contributed by atoms with Gasteiger partial charge in [0.05, 0.1) is 6.61 Å². The zero-order valence-electron chi connectivity index (χ0n) is 10.9. The second kappa shape index (κ2) is 6.73. The van der Waals surface area contributed by atoms with Crippen molar-refractivity contribution in [3.63, 3.8) is 0 Å². The number of hydrazine groups is 1. The van der Waals surface area contributed by atoms with Crippen molar-refractivity contribution in [2.75, 3.05) is 19.8 Å². The van der Waals surface area contributed by atoms with Crippen LogP contribution in [-0.2, 0) is 11.2 Å². The van der Waals surface area contributed by atoms with Crippen molar-refractivity contribution in [3.8, 4) is 5.75 Å². The van der Waals surface area contributed by atoms with Crippen LogP contribution in [0.2, 0.25) is 0 Å². The molecule has 1 aromatic carbocycles. The molecule has 100 valence electrons. The van der Waals surface area contributed by atoms with E-state index >= 15 is 0 Å². The minimum atomic E-state index is 0.191. The Morgan fingerprint density at radius 2 is 2.39 bits per heavy atom. The van der Waals surface area contributed by atoms with Gasteiger partial charge in [-0.15, -0.1) is 0 Å². The van der Waals surface area contributed by atoms with Crippen molar-refractivity contribution in [3.05, 3.63) is 29.3 Å². The molecule has 4 heteroatoms. The van der Waals surface area contributed by atoms with Crippen molar-refractivity contribution in [2.24, 2.45) is 5.84 Å². The van der Waals surface area contributed by atoms with E-state index in [2.05, 4.69) is 17.6 Å². The normalized spacial score (nSPS) is 15.2. The second-order valence-electron chi connectivity index (χ2n) is 4.52. The molecule has 0 saturated heterocycles. The summed E-state index contributed by atoms with van der Waals surface area (Å²) >= 11 is 0. The molecule has 18 heavy (non-hydrogen) atoms. The van der Waals surface area contributed by atoms with Gasteiger partial charge >= 0.3 is 0 Å². The average molecular weight is 250 g/mol. The predicted molar refractivity (Wildman–Crippen MR) is 71.4 cm³/mol. The fraction of sp³-hybridized carbons (Fsp3) is 0.571. The summed E-state index contributed by atoms with van der Waals surface area (Å²) in [7, 11) is 0. The Labute approximate surface area is 108 Å². The molecule has 0 spiro atoms. The van der Waals surface area contributed by atoms with Crippen molar-refractivity contribution in [1.82, 2.24) is 5.43 Å². The summed E-state index contributed by atoms with van der Waals surface area (Å²) in [6, 6.07) is 6.53. The molecule has 2 rings (SSSR count). The quantitative estimate of drug-likeness (QED) is 0.441. The highest BCUT2D eigenvalue weighted by atomic mass is 16.5. The van der Waals surface area contributed by atoms with Gasteiger partial charge in [-0.25, -0.2) is 0 Å². The molecule has 0 aliphatic carbocycles. The zero-order chi connectivity index (χ0) is 12.8. The van der Waals surface area contributed by atoms with E-state index in [0.29, 0.717) is 0 Å². The number of hydrogen-bond acceptors (Lipinski definition) is 4. The predicted octanol–water partition coefficient (Wildman–Crippen LogP) is 1.94. The maximum Gasteiger partial charge on any atom is 0.122 e. The van der Waals surface area contributed by atoms with Crippen LogP contribution in [0, 0.1) is 0 Å². The van der Waals surface area contributed by atoms with Gasteiger partial charge in [-0.3, -0.25) is 11.3 Å². The molecule has 0 saturated carbocycles. The molecule has 1 unspecified atom stereocenters. The third-order valence-electron chi connectivity index (χ3n) is 3.30. The minimum Gasteiger partial charge on any atom is -0.493 e. The molecule has 1 heterocycles. The number of hydrogen-bond donors (Lipinski definition) is 2. The van der Waals surface area contributed by atoms with Crippen LogP contribution in [0.4, 0.5) is 0 Å². The Morgan fingerprint density at radius 1 is 1.50 bits per heavy atom. The maximum absolute atomic E-state index is 5.64. The molecule has 3 N–H and O–H groups in total. The lowest BCUT2D eigenvalue weighted by atomic mass is 9.99. The Hall–Kier alpha value is -1.10. The van der Waals surface area contributed by atoms with Crippen LogP contribution in [0.1, 0.15) is 36.9 Å². The Morgan fingerprint density at radius 3 is 3.17 bits per heavy atom. The highest BCUT2D eigenvalue weighted by Gasteiger charge is 2.15. The average Bonchev–Trinajstić information content (AvgIpc) is 2.86. The van der Waals surface area contributed by atoms with E-state index in [4.69, 9.17) is 15.3 Å². The molecule has 0 amide bonds. The smallest absolute Gasteiger partial charge is 0.122 e. The Bertz CT molecular complexity index is 382. The Balaban J connectivity index is 1.94. The number of benzene rings is 1. The first kappa shape index (κ1) is 13.3. The largest absolute Gasteiger partial charge is 0.493 e. The topological polar surface area (TPSA) is 56.5 Å². The lowest BCUT2D eigenvalue weighted by Crippen LogP contribution is -2.28. The summed E-state index contributed by atoms with van der Waals surface area (Å²) in [5, 5.41) is 0. The van der Waals surface area contributed by atoms with Crippen LogP contribution in [0.5, 0.6) is 5.75 Å². The van der Waals surface area contributed by atoms with Crippen LogP contribution < -0.4 is 16.0 Å². The number of fused-ring (bicyclic) bond motifs is 1. The summed E-state index contributed by atoms with van der Waals surface area (Å²) < 4.78 is 10.9. The standard InChI is InChI=1S/C14H22N2O2/c1-2-17-8-3-4-13(16-15)11-5-6-14-12(10-11)7-9-18-14/h5-6,10,13,16H,2-4,7-9,15H2,1H3. The molecular weight excluding hydrogens is 228 g/mol. The lowest BCUT2D eigenvalue weighted by Gasteiger charge is -2.17. The minimum absolute atomic E-state index is 0.191. The van der Waals surface area contributed by atoms with Crippen LogP contribution in [-0.4, -0.2) is 19.8 Å². The molecule has 0 bridgehead atoms. The van der Waals surface area contributed by atoms with E-state index in [0.717, 1.165) is 44.8 Å². The van der Waals surface area contributed by atoms with Gasteiger partial charge in [-0.05, 0) is 37.0 Å². The second-order valence-corrected chi connectivity index (χ2v) is 4.52. The van der Waals surface area contributed by atoms with Gasteiger partial charge in [0.2, 0.25) is 0 Å². The van der Waals surface area contributed by atoms with Crippen LogP contribution >= 0.6 is 0 Å². The van der Waals surface area contributed by atoms with Crippen molar-refractivity contribution in [2.45, 2.75) is 32.2 Å². The summed E-state index contributed by atoms with van der Waals surface area (Å²) in [4.78, 5) is 0. The number of rotatable bonds is 7. The van der Waals surface area contributed by atoms with Crippen LogP contribution in [0.25, 0.3) is 0 Å². The van der Waals surface area contributed by atoms with Gasteiger partial charge in [0.25, 0.3) is 0 Å².